The van der Waals surface area contributed by atoms with Gasteiger partial charge in [-0.25, -0.2) is 4.79 Å². The van der Waals surface area contributed by atoms with E-state index in [0.717, 1.165) is 0 Å². The molecule has 0 aromatic carbocycles. The molecule has 5 nitrogen and oxygen atoms in total. The minimum atomic E-state index is -1.02. The fraction of sp³-hybridized carbons (Fsp3) is 0.750. The SMILES string of the molecule is CCC[C@H](NC(=O)C(C)N)C(=O)O. The summed E-state index contributed by atoms with van der Waals surface area (Å²) in [6.45, 7) is 3.37. The molecule has 0 aromatic rings. The van der Waals surface area contributed by atoms with Crippen molar-refractivity contribution in [2.24, 2.45) is 5.73 Å². The maximum atomic E-state index is 11.0. The number of carbonyl (C=O) groups is 2. The van der Waals surface area contributed by atoms with Gasteiger partial charge < -0.3 is 16.2 Å². The van der Waals surface area contributed by atoms with Gasteiger partial charge in [0.25, 0.3) is 0 Å². The maximum Gasteiger partial charge on any atom is 0.326 e. The highest BCUT2D eigenvalue weighted by atomic mass is 16.4. The molecule has 4 N–H and O–H groups in total. The number of hydrogen-bond donors (Lipinski definition) is 3. The molecule has 0 aliphatic heterocycles. The van der Waals surface area contributed by atoms with E-state index in [1.165, 1.54) is 6.92 Å². The van der Waals surface area contributed by atoms with Crippen molar-refractivity contribution in [3.63, 3.8) is 0 Å². The Balaban J connectivity index is 4.10. The standard InChI is InChI=1S/C8H16N2O3/c1-3-4-6(8(12)13)10-7(11)5(2)9/h5-6H,3-4,9H2,1-2H3,(H,10,11)(H,12,13)/t5?,6-/m0/s1. The summed E-state index contributed by atoms with van der Waals surface area (Å²) in [5.74, 6) is -1.45. The van der Waals surface area contributed by atoms with Crippen LogP contribution in [0.4, 0.5) is 0 Å². The molecule has 0 aliphatic rings. The largest absolute Gasteiger partial charge is 0.480 e. The van der Waals surface area contributed by atoms with Gasteiger partial charge >= 0.3 is 5.97 Å². The molecule has 5 heteroatoms. The Hall–Kier alpha value is -1.10. The number of carboxylic acid groups (broad SMARTS) is 1. The third kappa shape index (κ3) is 4.47. The summed E-state index contributed by atoms with van der Waals surface area (Å²) in [5, 5.41) is 11.0. The molecule has 0 fully saturated rings. The lowest BCUT2D eigenvalue weighted by atomic mass is 10.1. The Kier molecular flexibility index (Phi) is 5.06. The van der Waals surface area contributed by atoms with E-state index in [1.54, 1.807) is 0 Å². The summed E-state index contributed by atoms with van der Waals surface area (Å²) in [5.41, 5.74) is 5.28. The van der Waals surface area contributed by atoms with Gasteiger partial charge in [0.2, 0.25) is 5.91 Å². The maximum absolute atomic E-state index is 11.0. The number of carboxylic acids is 1. The lowest BCUT2D eigenvalue weighted by Crippen LogP contribution is -2.47. The molecule has 0 heterocycles. The van der Waals surface area contributed by atoms with E-state index in [2.05, 4.69) is 5.32 Å². The van der Waals surface area contributed by atoms with Crippen LogP contribution in [0.1, 0.15) is 26.7 Å². The lowest BCUT2D eigenvalue weighted by molar-refractivity contribution is -0.142. The Morgan fingerprint density at radius 3 is 2.38 bits per heavy atom. The summed E-state index contributed by atoms with van der Waals surface area (Å²) >= 11 is 0. The van der Waals surface area contributed by atoms with Gasteiger partial charge in [-0.3, -0.25) is 4.79 Å². The van der Waals surface area contributed by atoms with Gasteiger partial charge in [0.1, 0.15) is 6.04 Å². The van der Waals surface area contributed by atoms with Crippen molar-refractivity contribution in [2.45, 2.75) is 38.8 Å². The monoisotopic (exact) mass is 188 g/mol. The smallest absolute Gasteiger partial charge is 0.326 e. The Labute approximate surface area is 77.3 Å². The van der Waals surface area contributed by atoms with Crippen LogP contribution < -0.4 is 11.1 Å². The summed E-state index contributed by atoms with van der Waals surface area (Å²) in [4.78, 5) is 21.6. The lowest BCUT2D eigenvalue weighted by Gasteiger charge is -2.14. The average Bonchev–Trinajstić information content (AvgIpc) is 2.03. The van der Waals surface area contributed by atoms with Crippen LogP contribution in [0, 0.1) is 0 Å². The number of aliphatic carboxylic acids is 1. The second kappa shape index (κ2) is 5.53. The zero-order chi connectivity index (χ0) is 10.4. The van der Waals surface area contributed by atoms with E-state index < -0.39 is 24.0 Å². The van der Waals surface area contributed by atoms with Gasteiger partial charge in [-0.1, -0.05) is 13.3 Å². The van der Waals surface area contributed by atoms with Gasteiger partial charge in [-0.15, -0.1) is 0 Å². The van der Waals surface area contributed by atoms with E-state index in [1.807, 2.05) is 6.92 Å². The number of carbonyl (C=O) groups excluding carboxylic acids is 1. The van der Waals surface area contributed by atoms with Crippen LogP contribution in [-0.4, -0.2) is 29.1 Å². The minimum absolute atomic E-state index is 0.424. The average molecular weight is 188 g/mol. The fourth-order valence-electron chi connectivity index (χ4n) is 0.849. The van der Waals surface area contributed by atoms with Crippen molar-refractivity contribution >= 4 is 11.9 Å². The molecular formula is C8H16N2O3. The molecular weight excluding hydrogens is 172 g/mol. The normalized spacial score (nSPS) is 14.7. The third-order valence-electron chi connectivity index (χ3n) is 1.61. The molecule has 1 amide bonds. The second-order valence-electron chi connectivity index (χ2n) is 2.98. The van der Waals surface area contributed by atoms with Crippen molar-refractivity contribution in [2.75, 3.05) is 0 Å². The Morgan fingerprint density at radius 2 is 2.08 bits per heavy atom. The molecule has 0 aromatic heterocycles. The molecule has 0 rings (SSSR count). The third-order valence-corrected chi connectivity index (χ3v) is 1.61. The number of nitrogens with two attached hydrogens (primary N) is 1. The summed E-state index contributed by atoms with van der Waals surface area (Å²) < 4.78 is 0. The first-order valence-corrected chi connectivity index (χ1v) is 4.27. The van der Waals surface area contributed by atoms with Crippen molar-refractivity contribution in [1.82, 2.24) is 5.32 Å². The van der Waals surface area contributed by atoms with Gasteiger partial charge in [-0.2, -0.15) is 0 Å². The number of rotatable bonds is 5. The predicted octanol–water partition coefficient (Wildman–Crippen LogP) is -0.297. The van der Waals surface area contributed by atoms with Crippen LogP contribution >= 0.6 is 0 Å². The highest BCUT2D eigenvalue weighted by Gasteiger charge is 2.19. The Morgan fingerprint density at radius 1 is 1.54 bits per heavy atom. The highest BCUT2D eigenvalue weighted by Crippen LogP contribution is 1.96. The van der Waals surface area contributed by atoms with Gasteiger partial charge in [-0.05, 0) is 13.3 Å². The molecule has 0 bridgehead atoms. The molecule has 0 spiro atoms. The summed E-state index contributed by atoms with van der Waals surface area (Å²) in [7, 11) is 0. The van der Waals surface area contributed by atoms with Crippen LogP contribution in [0.5, 0.6) is 0 Å². The van der Waals surface area contributed by atoms with Crippen molar-refractivity contribution in [3.8, 4) is 0 Å². The van der Waals surface area contributed by atoms with Gasteiger partial charge in [0.15, 0.2) is 0 Å². The van der Waals surface area contributed by atoms with E-state index in [9.17, 15) is 9.59 Å². The molecule has 0 saturated carbocycles. The van der Waals surface area contributed by atoms with Crippen LogP contribution in [-0.2, 0) is 9.59 Å². The first-order chi connectivity index (χ1) is 5.99. The van der Waals surface area contributed by atoms with Crippen molar-refractivity contribution in [1.29, 1.82) is 0 Å². The summed E-state index contributed by atoms with van der Waals surface area (Å²) in [6.07, 6.45) is 1.13. The van der Waals surface area contributed by atoms with Crippen molar-refractivity contribution in [3.05, 3.63) is 0 Å². The second-order valence-corrected chi connectivity index (χ2v) is 2.98. The predicted molar refractivity (Wildman–Crippen MR) is 48.1 cm³/mol. The van der Waals surface area contributed by atoms with E-state index in [-0.39, 0.29) is 0 Å². The fourth-order valence-corrected chi connectivity index (χ4v) is 0.849. The number of nitrogens with one attached hydrogen (secondary N) is 1. The topological polar surface area (TPSA) is 92.4 Å². The van der Waals surface area contributed by atoms with Gasteiger partial charge in [0, 0.05) is 0 Å². The van der Waals surface area contributed by atoms with Crippen LogP contribution in [0.15, 0.2) is 0 Å². The first-order valence-electron chi connectivity index (χ1n) is 4.27. The van der Waals surface area contributed by atoms with Crippen LogP contribution in [0.25, 0.3) is 0 Å². The molecule has 0 saturated heterocycles. The van der Waals surface area contributed by atoms with E-state index in [4.69, 9.17) is 10.8 Å². The van der Waals surface area contributed by atoms with E-state index in [0.29, 0.717) is 12.8 Å². The Bertz CT molecular complexity index is 192. The first kappa shape index (κ1) is 11.9. The quantitative estimate of drug-likeness (QED) is 0.552. The molecule has 76 valence electrons. The summed E-state index contributed by atoms with van der Waals surface area (Å²) in [6, 6.07) is -1.48. The van der Waals surface area contributed by atoms with Gasteiger partial charge in [0.05, 0.1) is 6.04 Å². The van der Waals surface area contributed by atoms with Crippen LogP contribution in [0.3, 0.4) is 0 Å². The molecule has 0 aliphatic carbocycles. The van der Waals surface area contributed by atoms with Crippen LogP contribution in [0.2, 0.25) is 0 Å². The van der Waals surface area contributed by atoms with E-state index >= 15 is 0 Å². The zero-order valence-corrected chi connectivity index (χ0v) is 7.91. The molecule has 13 heavy (non-hydrogen) atoms. The molecule has 1 unspecified atom stereocenters. The highest BCUT2D eigenvalue weighted by molar-refractivity contribution is 5.86. The zero-order valence-electron chi connectivity index (χ0n) is 7.91. The molecule has 0 radical (unpaired) electrons. The minimum Gasteiger partial charge on any atom is -0.480 e. The molecule has 2 atom stereocenters. The van der Waals surface area contributed by atoms with Crippen molar-refractivity contribution < 1.29 is 14.7 Å². The number of hydrogen-bond acceptors (Lipinski definition) is 3. The number of amides is 1.